The van der Waals surface area contributed by atoms with Crippen molar-refractivity contribution in [1.82, 2.24) is 9.97 Å². The van der Waals surface area contributed by atoms with Crippen molar-refractivity contribution in [3.63, 3.8) is 0 Å². The second-order valence-corrected chi connectivity index (χ2v) is 4.71. The Morgan fingerprint density at radius 2 is 2.17 bits per heavy atom. The van der Waals surface area contributed by atoms with Gasteiger partial charge < -0.3 is 15.0 Å². The Morgan fingerprint density at radius 3 is 2.72 bits per heavy atom. The molecule has 1 aromatic rings. The Kier molecular flexibility index (Phi) is 5.85. The van der Waals surface area contributed by atoms with Gasteiger partial charge in [0.05, 0.1) is 6.61 Å². The average molecular weight is 253 g/mol. The fourth-order valence-corrected chi connectivity index (χ4v) is 1.71. The van der Waals surface area contributed by atoms with Gasteiger partial charge in [-0.25, -0.2) is 4.98 Å². The van der Waals surface area contributed by atoms with Crippen LogP contribution in [0, 0.1) is 0 Å². The highest BCUT2D eigenvalue weighted by Crippen LogP contribution is 2.13. The molecule has 0 aliphatic rings. The van der Waals surface area contributed by atoms with Gasteiger partial charge in [-0.2, -0.15) is 0 Å². The molecule has 0 amide bonds. The minimum absolute atomic E-state index is 0.0647. The van der Waals surface area contributed by atoms with Gasteiger partial charge >= 0.3 is 0 Å². The minimum atomic E-state index is -0.136. The summed E-state index contributed by atoms with van der Waals surface area (Å²) in [4.78, 5) is 20.8. The van der Waals surface area contributed by atoms with E-state index in [-0.39, 0.29) is 18.1 Å². The number of H-pyrrole nitrogens is 1. The second-order valence-electron chi connectivity index (χ2n) is 4.71. The zero-order chi connectivity index (χ0) is 13.5. The Balaban J connectivity index is 2.99. The Morgan fingerprint density at radius 1 is 1.44 bits per heavy atom. The molecule has 0 atom stereocenters. The lowest BCUT2D eigenvalue weighted by Crippen LogP contribution is -2.30. The van der Waals surface area contributed by atoms with E-state index >= 15 is 0 Å². The van der Waals surface area contributed by atoms with Crippen LogP contribution in [0.1, 0.15) is 45.4 Å². The quantitative estimate of drug-likeness (QED) is 0.772. The van der Waals surface area contributed by atoms with Crippen LogP contribution in [0.25, 0.3) is 0 Å². The molecule has 1 aromatic heterocycles. The molecule has 5 nitrogen and oxygen atoms in total. The Bertz CT molecular complexity index is 415. The molecule has 18 heavy (non-hydrogen) atoms. The highest BCUT2D eigenvalue weighted by molar-refractivity contribution is 5.37. The number of nitrogens with zero attached hydrogens (tertiary/aromatic N) is 2. The van der Waals surface area contributed by atoms with Gasteiger partial charge in [0.25, 0.3) is 5.56 Å². The monoisotopic (exact) mass is 253 g/mol. The van der Waals surface area contributed by atoms with E-state index in [0.29, 0.717) is 18.2 Å². The van der Waals surface area contributed by atoms with Gasteiger partial charge in [0.2, 0.25) is 0 Å². The third-order valence-corrected chi connectivity index (χ3v) is 2.77. The standard InChI is InChI=1S/C13H23N3O2/c1-4-5-6-16(7-8-17)11-9-12(18)15-13(14-11)10(2)3/h9-10,17H,4-8H2,1-3H3,(H,14,15,18). The molecule has 0 saturated heterocycles. The first kappa shape index (κ1) is 14.7. The number of hydrogen-bond donors (Lipinski definition) is 2. The average Bonchev–Trinajstić information content (AvgIpc) is 2.33. The third-order valence-electron chi connectivity index (χ3n) is 2.77. The van der Waals surface area contributed by atoms with E-state index in [9.17, 15) is 4.79 Å². The zero-order valence-corrected chi connectivity index (χ0v) is 11.4. The number of aromatic amines is 1. The summed E-state index contributed by atoms with van der Waals surface area (Å²) in [6.07, 6.45) is 2.09. The van der Waals surface area contributed by atoms with Gasteiger partial charge in [0.1, 0.15) is 11.6 Å². The largest absolute Gasteiger partial charge is 0.395 e. The van der Waals surface area contributed by atoms with Crippen LogP contribution >= 0.6 is 0 Å². The van der Waals surface area contributed by atoms with Gasteiger partial charge in [-0.15, -0.1) is 0 Å². The molecule has 0 fully saturated rings. The fraction of sp³-hybridized carbons (Fsp3) is 0.692. The molecule has 2 N–H and O–H groups in total. The first-order valence-electron chi connectivity index (χ1n) is 6.55. The predicted molar refractivity (Wildman–Crippen MR) is 73.2 cm³/mol. The molecule has 0 aliphatic heterocycles. The smallest absolute Gasteiger partial charge is 0.252 e. The van der Waals surface area contributed by atoms with Crippen molar-refractivity contribution < 1.29 is 5.11 Å². The topological polar surface area (TPSA) is 69.2 Å². The van der Waals surface area contributed by atoms with E-state index in [1.165, 1.54) is 6.07 Å². The molecular weight excluding hydrogens is 230 g/mol. The van der Waals surface area contributed by atoms with Gasteiger partial charge in [-0.05, 0) is 6.42 Å². The lowest BCUT2D eigenvalue weighted by molar-refractivity contribution is 0.301. The third kappa shape index (κ3) is 4.14. The van der Waals surface area contributed by atoms with Crippen molar-refractivity contribution in [2.24, 2.45) is 0 Å². The van der Waals surface area contributed by atoms with E-state index in [4.69, 9.17) is 5.11 Å². The maximum absolute atomic E-state index is 11.6. The molecule has 0 bridgehead atoms. The molecule has 1 heterocycles. The maximum Gasteiger partial charge on any atom is 0.252 e. The van der Waals surface area contributed by atoms with Gasteiger partial charge in [0.15, 0.2) is 0 Å². The second kappa shape index (κ2) is 7.16. The first-order valence-corrected chi connectivity index (χ1v) is 6.55. The molecule has 0 saturated carbocycles. The van der Waals surface area contributed by atoms with Crippen LogP contribution < -0.4 is 10.5 Å². The highest BCUT2D eigenvalue weighted by atomic mass is 16.3. The lowest BCUT2D eigenvalue weighted by atomic mass is 10.2. The normalized spacial score (nSPS) is 10.9. The number of aliphatic hydroxyl groups is 1. The van der Waals surface area contributed by atoms with Crippen LogP contribution in [0.15, 0.2) is 10.9 Å². The van der Waals surface area contributed by atoms with E-state index in [2.05, 4.69) is 16.9 Å². The number of anilines is 1. The van der Waals surface area contributed by atoms with Crippen molar-refractivity contribution in [1.29, 1.82) is 0 Å². The van der Waals surface area contributed by atoms with Crippen molar-refractivity contribution in [2.75, 3.05) is 24.6 Å². The molecular formula is C13H23N3O2. The number of aliphatic hydroxyl groups excluding tert-OH is 1. The van der Waals surface area contributed by atoms with Crippen molar-refractivity contribution in [3.8, 4) is 0 Å². The molecule has 0 aromatic carbocycles. The van der Waals surface area contributed by atoms with Crippen LogP contribution in [0.3, 0.4) is 0 Å². The molecule has 1 rings (SSSR count). The summed E-state index contributed by atoms with van der Waals surface area (Å²) in [5, 5.41) is 9.09. The number of hydrogen-bond acceptors (Lipinski definition) is 4. The van der Waals surface area contributed by atoms with Crippen LogP contribution in [-0.2, 0) is 0 Å². The Labute approximate surface area is 108 Å². The van der Waals surface area contributed by atoms with E-state index < -0.39 is 0 Å². The highest BCUT2D eigenvalue weighted by Gasteiger charge is 2.11. The summed E-state index contributed by atoms with van der Waals surface area (Å²) in [5.41, 5.74) is -0.136. The molecule has 0 spiro atoms. The summed E-state index contributed by atoms with van der Waals surface area (Å²) in [6.45, 7) is 7.48. The van der Waals surface area contributed by atoms with Gasteiger partial charge in [-0.1, -0.05) is 27.2 Å². The van der Waals surface area contributed by atoms with Crippen LogP contribution in [0.2, 0.25) is 0 Å². The summed E-state index contributed by atoms with van der Waals surface area (Å²) < 4.78 is 0. The van der Waals surface area contributed by atoms with Gasteiger partial charge in [-0.3, -0.25) is 4.79 Å². The number of unbranched alkanes of at least 4 members (excludes halogenated alkanes) is 1. The minimum Gasteiger partial charge on any atom is -0.395 e. The van der Waals surface area contributed by atoms with Crippen LogP contribution in [0.5, 0.6) is 0 Å². The number of rotatable bonds is 7. The fourth-order valence-electron chi connectivity index (χ4n) is 1.71. The number of aromatic nitrogens is 2. The summed E-state index contributed by atoms with van der Waals surface area (Å²) in [6, 6.07) is 1.50. The van der Waals surface area contributed by atoms with Crippen molar-refractivity contribution in [2.45, 2.75) is 39.5 Å². The predicted octanol–water partition coefficient (Wildman–Crippen LogP) is 1.49. The van der Waals surface area contributed by atoms with E-state index in [1.54, 1.807) is 0 Å². The molecule has 0 radical (unpaired) electrons. The summed E-state index contributed by atoms with van der Waals surface area (Å²) in [7, 11) is 0. The molecule has 0 unspecified atom stereocenters. The summed E-state index contributed by atoms with van der Waals surface area (Å²) >= 11 is 0. The van der Waals surface area contributed by atoms with Crippen LogP contribution in [0.4, 0.5) is 5.82 Å². The van der Waals surface area contributed by atoms with Crippen LogP contribution in [-0.4, -0.2) is 34.8 Å². The Hall–Kier alpha value is -1.36. The molecule has 0 aliphatic carbocycles. The van der Waals surface area contributed by atoms with Crippen molar-refractivity contribution in [3.05, 3.63) is 22.2 Å². The lowest BCUT2D eigenvalue weighted by Gasteiger charge is -2.23. The molecule has 5 heteroatoms. The first-order chi connectivity index (χ1) is 8.58. The van der Waals surface area contributed by atoms with E-state index in [1.807, 2.05) is 18.7 Å². The van der Waals surface area contributed by atoms with Gasteiger partial charge in [0, 0.05) is 25.1 Å². The van der Waals surface area contributed by atoms with Crippen molar-refractivity contribution >= 4 is 5.82 Å². The maximum atomic E-state index is 11.6. The molecule has 102 valence electrons. The number of nitrogens with one attached hydrogen (secondary N) is 1. The summed E-state index contributed by atoms with van der Waals surface area (Å²) in [5.74, 6) is 1.53. The SMILES string of the molecule is CCCCN(CCO)c1cc(=O)[nH]c(C(C)C)n1. The zero-order valence-electron chi connectivity index (χ0n) is 11.4. The van der Waals surface area contributed by atoms with E-state index in [0.717, 1.165) is 19.4 Å².